The molecule has 2 N–H and O–H groups in total. The molecule has 1 unspecified atom stereocenters. The molecule has 1 rings (SSSR count). The van der Waals surface area contributed by atoms with Gasteiger partial charge in [-0.3, -0.25) is 9.59 Å². The molecule has 20 heavy (non-hydrogen) atoms. The van der Waals surface area contributed by atoms with Gasteiger partial charge in [-0.25, -0.2) is 8.42 Å². The third-order valence-electron chi connectivity index (χ3n) is 2.39. The number of carbonyl (C=O) groups is 2. The van der Waals surface area contributed by atoms with Gasteiger partial charge in [-0.1, -0.05) is 6.07 Å². The maximum absolute atomic E-state index is 11.8. The lowest BCUT2D eigenvalue weighted by Gasteiger charge is -2.13. The highest BCUT2D eigenvalue weighted by Crippen LogP contribution is 2.20. The van der Waals surface area contributed by atoms with Crippen molar-refractivity contribution >= 4 is 33.3 Å². The quantitative estimate of drug-likeness (QED) is 0.684. The van der Waals surface area contributed by atoms with E-state index in [4.69, 9.17) is 5.11 Å². The number of hydrogen-bond donors (Lipinski definition) is 2. The van der Waals surface area contributed by atoms with Crippen molar-refractivity contribution in [3.63, 3.8) is 0 Å². The Morgan fingerprint density at radius 2 is 2.20 bits per heavy atom. The van der Waals surface area contributed by atoms with E-state index in [-0.39, 0.29) is 18.6 Å². The molecule has 0 aliphatic heterocycles. The first-order chi connectivity index (χ1) is 9.35. The summed E-state index contributed by atoms with van der Waals surface area (Å²) >= 11 is 1.15. The van der Waals surface area contributed by atoms with E-state index in [9.17, 15) is 18.0 Å². The van der Waals surface area contributed by atoms with Crippen molar-refractivity contribution in [2.75, 3.05) is 12.9 Å². The van der Waals surface area contributed by atoms with E-state index in [0.29, 0.717) is 4.88 Å². The Kier molecular flexibility index (Phi) is 6.11. The fourth-order valence-electron chi connectivity index (χ4n) is 1.43. The van der Waals surface area contributed by atoms with E-state index in [2.05, 4.69) is 9.46 Å². The number of sulfonamides is 1. The number of esters is 1. The minimum Gasteiger partial charge on any atom is -0.480 e. The van der Waals surface area contributed by atoms with E-state index in [0.717, 1.165) is 11.3 Å². The zero-order valence-electron chi connectivity index (χ0n) is 10.7. The molecule has 0 amide bonds. The van der Waals surface area contributed by atoms with Crippen LogP contribution >= 0.6 is 11.3 Å². The van der Waals surface area contributed by atoms with Gasteiger partial charge in [-0.05, 0) is 17.9 Å². The Bertz CT molecular complexity index is 551. The molecule has 112 valence electrons. The van der Waals surface area contributed by atoms with Crippen LogP contribution in [0.3, 0.4) is 0 Å². The smallest absolute Gasteiger partial charge is 0.327 e. The molecule has 0 radical (unpaired) electrons. The molecular weight excluding hydrogens is 306 g/mol. The molecular formula is C11H15NO6S2. The van der Waals surface area contributed by atoms with E-state index < -0.39 is 28.0 Å². The molecule has 0 aliphatic carbocycles. The second kappa shape index (κ2) is 7.36. The lowest BCUT2D eigenvalue weighted by atomic mass is 10.3. The van der Waals surface area contributed by atoms with Crippen LogP contribution in [0.15, 0.2) is 17.5 Å². The summed E-state index contributed by atoms with van der Waals surface area (Å²) in [5.74, 6) is -2.12. The molecule has 0 aromatic carbocycles. The highest BCUT2D eigenvalue weighted by molar-refractivity contribution is 7.89. The maximum atomic E-state index is 11.8. The van der Waals surface area contributed by atoms with Crippen LogP contribution in [-0.4, -0.2) is 38.3 Å². The molecule has 1 heterocycles. The molecule has 0 aliphatic rings. The van der Waals surface area contributed by atoms with E-state index in [1.165, 1.54) is 7.11 Å². The van der Waals surface area contributed by atoms with Crippen LogP contribution in [0.1, 0.15) is 23.8 Å². The number of methoxy groups -OCH3 is 1. The fourth-order valence-corrected chi connectivity index (χ4v) is 3.50. The van der Waals surface area contributed by atoms with Crippen molar-refractivity contribution in [2.24, 2.45) is 0 Å². The van der Waals surface area contributed by atoms with Crippen LogP contribution < -0.4 is 4.72 Å². The van der Waals surface area contributed by atoms with Crippen LogP contribution in [0.2, 0.25) is 0 Å². The number of carboxylic acids is 1. The van der Waals surface area contributed by atoms with Crippen LogP contribution in [0.25, 0.3) is 0 Å². The van der Waals surface area contributed by atoms with Gasteiger partial charge >= 0.3 is 11.9 Å². The summed E-state index contributed by atoms with van der Waals surface area (Å²) in [6.45, 7) is 0. The van der Waals surface area contributed by atoms with Gasteiger partial charge < -0.3 is 9.84 Å². The molecule has 7 nitrogen and oxygen atoms in total. The highest BCUT2D eigenvalue weighted by atomic mass is 32.2. The summed E-state index contributed by atoms with van der Waals surface area (Å²) in [7, 11) is -2.57. The number of aliphatic carboxylic acids is 1. The monoisotopic (exact) mass is 321 g/mol. The first kappa shape index (κ1) is 16.6. The Hall–Kier alpha value is -1.45. The summed E-state index contributed by atoms with van der Waals surface area (Å²) < 4.78 is 30.1. The summed E-state index contributed by atoms with van der Waals surface area (Å²) in [4.78, 5) is 22.4. The molecule has 0 spiro atoms. The second-order valence-corrected chi connectivity index (χ2v) is 6.76. The number of hydrogen-bond acceptors (Lipinski definition) is 6. The lowest BCUT2D eigenvalue weighted by Crippen LogP contribution is -2.35. The van der Waals surface area contributed by atoms with Crippen molar-refractivity contribution in [1.82, 2.24) is 4.72 Å². The van der Waals surface area contributed by atoms with Gasteiger partial charge in [0, 0.05) is 11.3 Å². The number of ether oxygens (including phenoxy) is 1. The predicted molar refractivity (Wildman–Crippen MR) is 72.9 cm³/mol. The molecule has 0 fully saturated rings. The van der Waals surface area contributed by atoms with Crippen LogP contribution in [0, 0.1) is 0 Å². The highest BCUT2D eigenvalue weighted by Gasteiger charge is 2.26. The molecule has 0 saturated heterocycles. The minimum absolute atomic E-state index is 0.0336. The summed E-state index contributed by atoms with van der Waals surface area (Å²) in [6.07, 6.45) is 0.0347. The number of carboxylic acid groups (broad SMARTS) is 1. The Morgan fingerprint density at radius 1 is 1.50 bits per heavy atom. The first-order valence-electron chi connectivity index (χ1n) is 5.69. The summed E-state index contributed by atoms with van der Waals surface area (Å²) in [5.41, 5.74) is 0. The second-order valence-electron chi connectivity index (χ2n) is 3.90. The van der Waals surface area contributed by atoms with Crippen LogP contribution in [-0.2, 0) is 24.3 Å². The standard InChI is InChI=1S/C11H15NO6S2/c1-18-9(13)5-3-7-20(16,17)12-10(11(14)15)8-4-2-6-19-8/h2,4,6,10,12H,3,5,7H2,1H3,(H,14,15). The minimum atomic E-state index is -3.79. The van der Waals surface area contributed by atoms with E-state index >= 15 is 0 Å². The molecule has 0 saturated carbocycles. The number of nitrogens with one attached hydrogen (secondary N) is 1. The predicted octanol–water partition coefficient (Wildman–Crippen LogP) is 0.746. The average Bonchev–Trinajstić information content (AvgIpc) is 2.88. The van der Waals surface area contributed by atoms with E-state index in [1.807, 2.05) is 0 Å². The van der Waals surface area contributed by atoms with Crippen LogP contribution in [0.5, 0.6) is 0 Å². The fraction of sp³-hybridized carbons (Fsp3) is 0.455. The summed E-state index contributed by atoms with van der Waals surface area (Å²) in [5, 5.41) is 10.7. The normalized spacial score (nSPS) is 12.8. The van der Waals surface area contributed by atoms with Gasteiger partial charge in [0.05, 0.1) is 12.9 Å². The van der Waals surface area contributed by atoms with Crippen molar-refractivity contribution in [3.05, 3.63) is 22.4 Å². The number of carbonyl (C=O) groups excluding carboxylic acids is 1. The maximum Gasteiger partial charge on any atom is 0.327 e. The lowest BCUT2D eigenvalue weighted by molar-refractivity contribution is -0.141. The zero-order chi connectivity index (χ0) is 15.2. The van der Waals surface area contributed by atoms with Crippen LogP contribution in [0.4, 0.5) is 0 Å². The van der Waals surface area contributed by atoms with Gasteiger partial charge in [0.1, 0.15) is 0 Å². The van der Waals surface area contributed by atoms with Crippen molar-refractivity contribution in [2.45, 2.75) is 18.9 Å². The van der Waals surface area contributed by atoms with Crippen molar-refractivity contribution < 1.29 is 27.9 Å². The summed E-state index contributed by atoms with van der Waals surface area (Å²) in [6, 6.07) is 1.88. The molecule has 1 atom stereocenters. The third-order valence-corrected chi connectivity index (χ3v) is 4.75. The average molecular weight is 321 g/mol. The zero-order valence-corrected chi connectivity index (χ0v) is 12.4. The van der Waals surface area contributed by atoms with Gasteiger partial charge in [0.25, 0.3) is 0 Å². The molecule has 1 aromatic rings. The van der Waals surface area contributed by atoms with Crippen molar-refractivity contribution in [1.29, 1.82) is 0 Å². The Morgan fingerprint density at radius 3 is 2.70 bits per heavy atom. The number of rotatable bonds is 8. The third kappa shape index (κ3) is 5.27. The Labute approximate surface area is 120 Å². The molecule has 0 bridgehead atoms. The number of thiophene rings is 1. The van der Waals surface area contributed by atoms with Crippen molar-refractivity contribution in [3.8, 4) is 0 Å². The van der Waals surface area contributed by atoms with Gasteiger partial charge in [-0.2, -0.15) is 4.72 Å². The van der Waals surface area contributed by atoms with E-state index in [1.54, 1.807) is 17.5 Å². The largest absolute Gasteiger partial charge is 0.480 e. The van der Waals surface area contributed by atoms with Gasteiger partial charge in [0.2, 0.25) is 10.0 Å². The first-order valence-corrected chi connectivity index (χ1v) is 8.22. The molecule has 9 heteroatoms. The van der Waals surface area contributed by atoms with Gasteiger partial charge in [0.15, 0.2) is 6.04 Å². The SMILES string of the molecule is COC(=O)CCCS(=O)(=O)NC(C(=O)O)c1cccs1. The van der Waals surface area contributed by atoms with Gasteiger partial charge in [-0.15, -0.1) is 11.3 Å². The molecule has 1 aromatic heterocycles. The topological polar surface area (TPSA) is 110 Å². The Balaban J connectivity index is 2.63.